The van der Waals surface area contributed by atoms with Gasteiger partial charge in [-0.15, -0.1) is 35.0 Å². The number of anilines is 2. The van der Waals surface area contributed by atoms with Crippen LogP contribution in [0.15, 0.2) is 24.3 Å². The molecule has 4 heterocycles. The maximum atomic E-state index is 5.47. The minimum Gasteiger partial charge on any atom is -0.382 e. The van der Waals surface area contributed by atoms with Gasteiger partial charge in [0.2, 0.25) is 0 Å². The predicted molar refractivity (Wildman–Crippen MR) is 117 cm³/mol. The van der Waals surface area contributed by atoms with Crippen LogP contribution in [0, 0.1) is 0 Å². The average molecular weight is 429 g/mol. The molecule has 2 aromatic rings. The van der Waals surface area contributed by atoms with Gasteiger partial charge in [0.05, 0.1) is 11.4 Å². The Morgan fingerprint density at radius 1 is 0.607 bits per heavy atom. The number of aromatic nitrogens is 4. The lowest BCUT2D eigenvalue weighted by atomic mass is 9.94. The van der Waals surface area contributed by atoms with Gasteiger partial charge in [-0.05, 0) is 76.1 Å². The van der Waals surface area contributed by atoms with Crippen LogP contribution in [-0.4, -0.2) is 46.6 Å². The molecule has 2 aliphatic rings. The van der Waals surface area contributed by atoms with Crippen molar-refractivity contribution in [2.75, 3.05) is 37.6 Å². The summed E-state index contributed by atoms with van der Waals surface area (Å²) in [5.74, 6) is 2.12. The molecule has 6 N–H and O–H groups in total. The van der Waals surface area contributed by atoms with Crippen molar-refractivity contribution in [1.82, 2.24) is 31.0 Å². The Balaban J connectivity index is 0.000000261. The van der Waals surface area contributed by atoms with Crippen molar-refractivity contribution in [3.63, 3.8) is 0 Å². The highest BCUT2D eigenvalue weighted by Gasteiger charge is 2.17. The Morgan fingerprint density at radius 3 is 1.25 bits per heavy atom. The third-order valence-corrected chi connectivity index (χ3v) is 4.93. The molecule has 0 aromatic carbocycles. The number of piperidine rings is 2. The number of nitrogen functional groups attached to an aromatic ring is 2. The van der Waals surface area contributed by atoms with Crippen LogP contribution < -0.4 is 22.1 Å². The van der Waals surface area contributed by atoms with Crippen LogP contribution in [0.2, 0.25) is 0 Å². The lowest BCUT2D eigenvalue weighted by molar-refractivity contribution is 0.450. The van der Waals surface area contributed by atoms with Crippen LogP contribution in [0.5, 0.6) is 0 Å². The Kier molecular flexibility index (Phi) is 11.0. The van der Waals surface area contributed by atoms with E-state index in [1.807, 2.05) is 24.3 Å². The van der Waals surface area contributed by atoms with Crippen LogP contribution in [0.4, 0.5) is 11.6 Å². The molecule has 10 heteroatoms. The first kappa shape index (κ1) is 24.3. The second-order valence-corrected chi connectivity index (χ2v) is 6.81. The van der Waals surface area contributed by atoms with Crippen molar-refractivity contribution in [2.24, 2.45) is 0 Å². The summed E-state index contributed by atoms with van der Waals surface area (Å²) in [5, 5.41) is 22.6. The van der Waals surface area contributed by atoms with Crippen LogP contribution in [0.3, 0.4) is 0 Å². The van der Waals surface area contributed by atoms with Crippen molar-refractivity contribution in [1.29, 1.82) is 0 Å². The predicted octanol–water partition coefficient (Wildman–Crippen LogP) is 1.90. The number of hydrogen-bond acceptors (Lipinski definition) is 8. The molecule has 2 aliphatic heterocycles. The molecule has 28 heavy (non-hydrogen) atoms. The van der Waals surface area contributed by atoms with Gasteiger partial charge in [-0.3, -0.25) is 0 Å². The molecular formula is C18H30Cl2N8. The summed E-state index contributed by atoms with van der Waals surface area (Å²) in [6.45, 7) is 4.32. The topological polar surface area (TPSA) is 128 Å². The van der Waals surface area contributed by atoms with Crippen LogP contribution >= 0.6 is 24.8 Å². The second-order valence-electron chi connectivity index (χ2n) is 6.81. The van der Waals surface area contributed by atoms with Gasteiger partial charge in [0.25, 0.3) is 0 Å². The fourth-order valence-electron chi connectivity index (χ4n) is 3.38. The van der Waals surface area contributed by atoms with Gasteiger partial charge in [-0.2, -0.15) is 10.2 Å². The quantitative estimate of drug-likeness (QED) is 0.570. The molecule has 0 radical (unpaired) electrons. The molecule has 0 amide bonds. The Hall–Kier alpha value is -1.74. The van der Waals surface area contributed by atoms with Crippen molar-refractivity contribution >= 4 is 36.4 Å². The summed E-state index contributed by atoms with van der Waals surface area (Å²) in [7, 11) is 0. The number of rotatable bonds is 2. The van der Waals surface area contributed by atoms with E-state index in [2.05, 4.69) is 31.0 Å². The third-order valence-electron chi connectivity index (χ3n) is 4.93. The summed E-state index contributed by atoms with van der Waals surface area (Å²) in [6, 6.07) is 7.62. The van der Waals surface area contributed by atoms with Crippen molar-refractivity contribution < 1.29 is 0 Å². The van der Waals surface area contributed by atoms with E-state index in [0.29, 0.717) is 23.5 Å². The first-order chi connectivity index (χ1) is 12.7. The van der Waals surface area contributed by atoms with E-state index in [9.17, 15) is 0 Å². The molecule has 0 spiro atoms. The molecule has 156 valence electrons. The van der Waals surface area contributed by atoms with E-state index in [0.717, 1.165) is 63.3 Å². The minimum absolute atomic E-state index is 0. The highest BCUT2D eigenvalue weighted by Crippen LogP contribution is 2.23. The average Bonchev–Trinajstić information content (AvgIpc) is 2.71. The summed E-state index contributed by atoms with van der Waals surface area (Å²) >= 11 is 0. The van der Waals surface area contributed by atoms with E-state index >= 15 is 0 Å². The molecule has 8 nitrogen and oxygen atoms in total. The zero-order valence-electron chi connectivity index (χ0n) is 15.9. The Morgan fingerprint density at radius 2 is 0.964 bits per heavy atom. The normalized spacial score (nSPS) is 17.4. The monoisotopic (exact) mass is 428 g/mol. The van der Waals surface area contributed by atoms with Gasteiger partial charge < -0.3 is 22.1 Å². The van der Waals surface area contributed by atoms with E-state index in [-0.39, 0.29) is 24.8 Å². The first-order valence-electron chi connectivity index (χ1n) is 9.32. The summed E-state index contributed by atoms with van der Waals surface area (Å²) in [5.41, 5.74) is 13.1. The fraction of sp³-hybridized carbons (Fsp3) is 0.556. The van der Waals surface area contributed by atoms with Crippen LogP contribution in [0.25, 0.3) is 0 Å². The minimum atomic E-state index is 0. The standard InChI is InChI=1S/2C9H14N4.2ClH/c2*10-9-2-1-8(12-13-9)7-3-5-11-6-4-7;;/h2*1-2,7,11H,3-6H2,(H2,10,13);2*1H. The lowest BCUT2D eigenvalue weighted by Crippen LogP contribution is -2.27. The van der Waals surface area contributed by atoms with Gasteiger partial charge >= 0.3 is 0 Å². The van der Waals surface area contributed by atoms with E-state index in [4.69, 9.17) is 11.5 Å². The first-order valence-corrected chi connectivity index (χ1v) is 9.32. The van der Waals surface area contributed by atoms with Crippen molar-refractivity contribution in [3.05, 3.63) is 35.7 Å². The van der Waals surface area contributed by atoms with Crippen molar-refractivity contribution in [3.8, 4) is 0 Å². The molecule has 2 saturated heterocycles. The van der Waals surface area contributed by atoms with Crippen molar-refractivity contribution in [2.45, 2.75) is 37.5 Å². The van der Waals surface area contributed by atoms with E-state index in [1.165, 1.54) is 0 Å². The number of nitrogens with two attached hydrogens (primary N) is 2. The molecule has 0 saturated carbocycles. The van der Waals surface area contributed by atoms with Gasteiger partial charge in [0.15, 0.2) is 0 Å². The zero-order valence-corrected chi connectivity index (χ0v) is 17.5. The molecule has 0 atom stereocenters. The summed E-state index contributed by atoms with van der Waals surface area (Å²) in [4.78, 5) is 0. The molecular weight excluding hydrogens is 399 g/mol. The molecule has 0 unspecified atom stereocenters. The summed E-state index contributed by atoms with van der Waals surface area (Å²) in [6.07, 6.45) is 4.61. The van der Waals surface area contributed by atoms with E-state index < -0.39 is 0 Å². The molecule has 2 fully saturated rings. The molecule has 0 bridgehead atoms. The second kappa shape index (κ2) is 12.7. The number of nitrogens with zero attached hydrogens (tertiary/aromatic N) is 4. The molecule has 0 aliphatic carbocycles. The molecule has 2 aromatic heterocycles. The lowest BCUT2D eigenvalue weighted by Gasteiger charge is -2.21. The van der Waals surface area contributed by atoms with Gasteiger partial charge in [0.1, 0.15) is 11.6 Å². The van der Waals surface area contributed by atoms with Gasteiger partial charge in [0, 0.05) is 11.8 Å². The highest BCUT2D eigenvalue weighted by molar-refractivity contribution is 5.85. The highest BCUT2D eigenvalue weighted by atomic mass is 35.5. The fourth-order valence-corrected chi connectivity index (χ4v) is 3.38. The smallest absolute Gasteiger partial charge is 0.146 e. The SMILES string of the molecule is Cl.Cl.Nc1ccc(C2CCNCC2)nn1.Nc1ccc(C2CCNCC2)nn1. The number of halogens is 2. The summed E-state index contributed by atoms with van der Waals surface area (Å²) < 4.78 is 0. The molecule has 4 rings (SSSR count). The van der Waals surface area contributed by atoms with E-state index in [1.54, 1.807) is 0 Å². The maximum absolute atomic E-state index is 5.47. The van der Waals surface area contributed by atoms with Gasteiger partial charge in [-0.1, -0.05) is 0 Å². The Bertz CT molecular complexity index is 597. The van der Waals surface area contributed by atoms with Gasteiger partial charge in [-0.25, -0.2) is 0 Å². The van der Waals surface area contributed by atoms with Crippen LogP contribution in [-0.2, 0) is 0 Å². The Labute approximate surface area is 178 Å². The largest absolute Gasteiger partial charge is 0.382 e. The number of hydrogen-bond donors (Lipinski definition) is 4. The third kappa shape index (κ3) is 7.35. The number of nitrogens with one attached hydrogen (secondary N) is 2. The van der Waals surface area contributed by atoms with Crippen LogP contribution in [0.1, 0.15) is 48.9 Å². The zero-order chi connectivity index (χ0) is 18.2. The maximum Gasteiger partial charge on any atom is 0.146 e.